The summed E-state index contributed by atoms with van der Waals surface area (Å²) in [4.78, 5) is 3.48. The van der Waals surface area contributed by atoms with Crippen LogP contribution in [-0.4, -0.2) is 28.8 Å². The fourth-order valence-electron chi connectivity index (χ4n) is 5.40. The highest BCUT2D eigenvalue weighted by Crippen LogP contribution is 2.46. The zero-order valence-corrected chi connectivity index (χ0v) is 21.3. The van der Waals surface area contributed by atoms with Crippen molar-refractivity contribution >= 4 is 22.3 Å². The first-order valence-corrected chi connectivity index (χ1v) is 12.2. The lowest BCUT2D eigenvalue weighted by Gasteiger charge is -2.43. The first kappa shape index (κ1) is 23.1. The van der Waals surface area contributed by atoms with E-state index in [-0.39, 0.29) is 5.92 Å². The standard InChI is InChI=1S/C31H33N3O/c1-18-15-26(25-12-8-11-23-19(2)17-33-29(23)25)24(14-13-21-9-7-10-22(16-21)32-6)27-20(3)30(35)31(4,5)34-28(18)27/h7-12,15-17,20,30,32-35H,1-6H3/t20-,30+/m0/s1. The average Bonchev–Trinajstić information content (AvgIpc) is 3.23. The molecule has 0 aliphatic carbocycles. The molecule has 2 heterocycles. The Morgan fingerprint density at radius 1 is 0.971 bits per heavy atom. The molecule has 0 radical (unpaired) electrons. The third-order valence-corrected chi connectivity index (χ3v) is 7.37. The Morgan fingerprint density at radius 2 is 1.74 bits per heavy atom. The number of fused-ring (bicyclic) bond motifs is 2. The van der Waals surface area contributed by atoms with Crippen LogP contribution in [0.5, 0.6) is 0 Å². The van der Waals surface area contributed by atoms with Crippen LogP contribution in [0.3, 0.4) is 0 Å². The number of aromatic nitrogens is 1. The summed E-state index contributed by atoms with van der Waals surface area (Å²) in [6, 6.07) is 16.8. The second-order valence-corrected chi connectivity index (χ2v) is 10.3. The summed E-state index contributed by atoms with van der Waals surface area (Å²) in [5.74, 6) is 6.89. The van der Waals surface area contributed by atoms with Crippen molar-refractivity contribution in [1.82, 2.24) is 4.98 Å². The van der Waals surface area contributed by atoms with Gasteiger partial charge in [-0.3, -0.25) is 0 Å². The van der Waals surface area contributed by atoms with Crippen LogP contribution in [0.2, 0.25) is 0 Å². The summed E-state index contributed by atoms with van der Waals surface area (Å²) < 4.78 is 0. The SMILES string of the molecule is CNc1cccc(C#Cc2c(-c3cccc4c(C)c[nH]c34)cc(C)c3c2[C@H](C)[C@@H](O)C(C)(C)N3)c1. The highest BCUT2D eigenvalue weighted by atomic mass is 16.3. The van der Waals surface area contributed by atoms with Gasteiger partial charge in [-0.05, 0) is 68.7 Å². The van der Waals surface area contributed by atoms with Crippen molar-refractivity contribution < 1.29 is 5.11 Å². The third kappa shape index (κ3) is 3.87. The smallest absolute Gasteiger partial charge is 0.0831 e. The van der Waals surface area contributed by atoms with Crippen LogP contribution in [-0.2, 0) is 0 Å². The number of aliphatic hydroxyl groups is 1. The minimum absolute atomic E-state index is 0.0718. The van der Waals surface area contributed by atoms with Gasteiger partial charge in [0.2, 0.25) is 0 Å². The molecule has 5 rings (SSSR count). The molecule has 4 aromatic rings. The van der Waals surface area contributed by atoms with E-state index in [9.17, 15) is 5.11 Å². The number of para-hydroxylation sites is 1. The molecule has 1 aliphatic rings. The monoisotopic (exact) mass is 463 g/mol. The van der Waals surface area contributed by atoms with Crippen molar-refractivity contribution in [2.75, 3.05) is 17.7 Å². The maximum absolute atomic E-state index is 11.2. The van der Waals surface area contributed by atoms with Gasteiger partial charge in [0.15, 0.2) is 0 Å². The summed E-state index contributed by atoms with van der Waals surface area (Å²) in [5, 5.41) is 19.3. The normalized spacial score (nSPS) is 18.4. The van der Waals surface area contributed by atoms with Gasteiger partial charge in [0.25, 0.3) is 0 Å². The minimum atomic E-state index is -0.540. The molecule has 1 aliphatic heterocycles. The number of nitrogens with one attached hydrogen (secondary N) is 3. The Labute approximate surface area is 207 Å². The number of aromatic amines is 1. The van der Waals surface area contributed by atoms with E-state index in [1.54, 1.807) is 0 Å². The number of hydrogen-bond acceptors (Lipinski definition) is 3. The summed E-state index contributed by atoms with van der Waals surface area (Å²) >= 11 is 0. The number of anilines is 2. The maximum atomic E-state index is 11.2. The molecule has 0 unspecified atom stereocenters. The Bertz CT molecular complexity index is 1500. The molecular formula is C31H33N3O. The van der Waals surface area contributed by atoms with Crippen LogP contribution in [0.25, 0.3) is 22.0 Å². The van der Waals surface area contributed by atoms with Crippen LogP contribution in [0.1, 0.15) is 54.5 Å². The minimum Gasteiger partial charge on any atom is -0.390 e. The topological polar surface area (TPSA) is 60.1 Å². The molecule has 1 aromatic heterocycles. The van der Waals surface area contributed by atoms with E-state index in [0.717, 1.165) is 50.3 Å². The molecule has 4 heteroatoms. The molecule has 0 fully saturated rings. The van der Waals surface area contributed by atoms with Gasteiger partial charge in [0.05, 0.1) is 17.2 Å². The molecule has 0 saturated heterocycles. The molecule has 4 nitrogen and oxygen atoms in total. The average molecular weight is 464 g/mol. The molecule has 35 heavy (non-hydrogen) atoms. The lowest BCUT2D eigenvalue weighted by Crippen LogP contribution is -2.50. The van der Waals surface area contributed by atoms with Gasteiger partial charge in [-0.25, -0.2) is 0 Å². The molecule has 0 spiro atoms. The van der Waals surface area contributed by atoms with Gasteiger partial charge in [0, 0.05) is 58.2 Å². The van der Waals surface area contributed by atoms with E-state index in [4.69, 9.17) is 0 Å². The lowest BCUT2D eigenvalue weighted by molar-refractivity contribution is 0.0868. The van der Waals surface area contributed by atoms with E-state index >= 15 is 0 Å². The van der Waals surface area contributed by atoms with Crippen LogP contribution in [0.4, 0.5) is 11.4 Å². The van der Waals surface area contributed by atoms with Crippen LogP contribution in [0, 0.1) is 25.7 Å². The Balaban J connectivity index is 1.81. The predicted molar refractivity (Wildman–Crippen MR) is 147 cm³/mol. The van der Waals surface area contributed by atoms with E-state index in [0.29, 0.717) is 0 Å². The zero-order chi connectivity index (χ0) is 24.9. The summed E-state index contributed by atoms with van der Waals surface area (Å²) in [6.07, 6.45) is 1.52. The predicted octanol–water partition coefficient (Wildman–Crippen LogP) is 6.56. The van der Waals surface area contributed by atoms with E-state index < -0.39 is 11.6 Å². The first-order valence-electron chi connectivity index (χ1n) is 12.2. The van der Waals surface area contributed by atoms with Gasteiger partial charge in [-0.15, -0.1) is 0 Å². The van der Waals surface area contributed by atoms with Crippen molar-refractivity contribution in [3.05, 3.63) is 82.5 Å². The van der Waals surface area contributed by atoms with Crippen LogP contribution in [0.15, 0.2) is 54.7 Å². The zero-order valence-electron chi connectivity index (χ0n) is 21.3. The number of rotatable bonds is 2. The van der Waals surface area contributed by atoms with Crippen molar-refractivity contribution in [1.29, 1.82) is 0 Å². The number of aryl methyl sites for hydroxylation is 2. The first-order chi connectivity index (χ1) is 16.7. The Kier molecular flexibility index (Phi) is 5.62. The molecule has 0 bridgehead atoms. The maximum Gasteiger partial charge on any atom is 0.0831 e. The highest BCUT2D eigenvalue weighted by molar-refractivity contribution is 5.98. The molecule has 178 valence electrons. The molecule has 2 atom stereocenters. The third-order valence-electron chi connectivity index (χ3n) is 7.37. The van der Waals surface area contributed by atoms with E-state index in [2.05, 4.69) is 98.6 Å². The van der Waals surface area contributed by atoms with Crippen molar-refractivity contribution in [2.24, 2.45) is 0 Å². The summed E-state index contributed by atoms with van der Waals surface area (Å²) in [6.45, 7) is 10.5. The van der Waals surface area contributed by atoms with Crippen LogP contribution >= 0.6 is 0 Å². The molecular weight excluding hydrogens is 430 g/mol. The van der Waals surface area contributed by atoms with Gasteiger partial charge in [-0.2, -0.15) is 0 Å². The number of benzene rings is 3. The molecule has 4 N–H and O–H groups in total. The lowest BCUT2D eigenvalue weighted by atomic mass is 9.75. The van der Waals surface area contributed by atoms with Crippen LogP contribution < -0.4 is 10.6 Å². The second-order valence-electron chi connectivity index (χ2n) is 10.3. The molecule has 3 aromatic carbocycles. The van der Waals surface area contributed by atoms with Crippen molar-refractivity contribution in [3.63, 3.8) is 0 Å². The highest BCUT2D eigenvalue weighted by Gasteiger charge is 2.40. The fourth-order valence-corrected chi connectivity index (χ4v) is 5.40. The van der Waals surface area contributed by atoms with Gasteiger partial charge in [0.1, 0.15) is 0 Å². The quantitative estimate of drug-likeness (QED) is 0.255. The summed E-state index contributed by atoms with van der Waals surface area (Å²) in [5.41, 5.74) is 10.4. The Hall–Kier alpha value is -3.68. The van der Waals surface area contributed by atoms with Crippen molar-refractivity contribution in [2.45, 2.75) is 52.2 Å². The van der Waals surface area contributed by atoms with Gasteiger partial charge >= 0.3 is 0 Å². The summed E-state index contributed by atoms with van der Waals surface area (Å²) in [7, 11) is 1.91. The fraction of sp³-hybridized carbons (Fsp3) is 0.290. The van der Waals surface area contributed by atoms with E-state index in [1.807, 2.05) is 25.2 Å². The van der Waals surface area contributed by atoms with Crippen molar-refractivity contribution in [3.8, 4) is 23.0 Å². The molecule has 0 amide bonds. The number of aliphatic hydroxyl groups excluding tert-OH is 1. The molecule has 0 saturated carbocycles. The number of hydrogen-bond donors (Lipinski definition) is 4. The van der Waals surface area contributed by atoms with E-state index in [1.165, 1.54) is 10.9 Å². The Morgan fingerprint density at radius 3 is 2.51 bits per heavy atom. The number of H-pyrrole nitrogens is 1. The second kappa shape index (κ2) is 8.52. The van der Waals surface area contributed by atoms with Gasteiger partial charge in [-0.1, -0.05) is 43.0 Å². The van der Waals surface area contributed by atoms with Gasteiger partial charge < -0.3 is 20.7 Å². The largest absolute Gasteiger partial charge is 0.390 e.